The standard InChI is InChI=1S/C8H9N2S/c1-8(2,3)7-6(4-9)11-5-10-7/h1-3H3. The predicted octanol–water partition coefficient (Wildman–Crippen LogP) is 2.11. The molecule has 0 amide bonds. The summed E-state index contributed by atoms with van der Waals surface area (Å²) in [4.78, 5) is 4.71. The van der Waals surface area contributed by atoms with Gasteiger partial charge < -0.3 is 0 Å². The zero-order chi connectivity index (χ0) is 8.48. The van der Waals surface area contributed by atoms with Crippen molar-refractivity contribution in [2.45, 2.75) is 26.2 Å². The second-order valence-corrected chi connectivity index (χ2v) is 4.14. The molecule has 1 radical (unpaired) electrons. The van der Waals surface area contributed by atoms with Gasteiger partial charge in [0.15, 0.2) is 5.51 Å². The smallest absolute Gasteiger partial charge is 0.153 e. The van der Waals surface area contributed by atoms with Crippen molar-refractivity contribution in [1.29, 1.82) is 5.26 Å². The second-order valence-electron chi connectivity index (χ2n) is 3.34. The minimum absolute atomic E-state index is 0.0401. The number of thiazole rings is 1. The fourth-order valence-corrected chi connectivity index (χ4v) is 1.52. The van der Waals surface area contributed by atoms with Crippen LogP contribution in [-0.4, -0.2) is 4.98 Å². The molecule has 57 valence electrons. The van der Waals surface area contributed by atoms with E-state index in [1.165, 1.54) is 11.3 Å². The van der Waals surface area contributed by atoms with Crippen LogP contribution in [0.2, 0.25) is 0 Å². The molecule has 11 heavy (non-hydrogen) atoms. The van der Waals surface area contributed by atoms with Gasteiger partial charge in [-0.25, -0.2) is 4.98 Å². The van der Waals surface area contributed by atoms with Gasteiger partial charge in [-0.05, 0) is 0 Å². The quantitative estimate of drug-likeness (QED) is 0.590. The summed E-state index contributed by atoms with van der Waals surface area (Å²) in [6.45, 7) is 6.12. The molecular weight excluding hydrogens is 156 g/mol. The molecule has 1 rings (SSSR count). The molecule has 3 heteroatoms. The van der Waals surface area contributed by atoms with Crippen molar-refractivity contribution in [2.24, 2.45) is 0 Å². The number of hydrogen-bond acceptors (Lipinski definition) is 3. The molecule has 1 aromatic rings. The Morgan fingerprint density at radius 2 is 2.18 bits per heavy atom. The highest BCUT2D eigenvalue weighted by Gasteiger charge is 2.20. The molecule has 2 nitrogen and oxygen atoms in total. The van der Waals surface area contributed by atoms with Crippen LogP contribution in [0.25, 0.3) is 0 Å². The van der Waals surface area contributed by atoms with E-state index in [1.54, 1.807) is 0 Å². The summed E-state index contributed by atoms with van der Waals surface area (Å²) in [5, 5.41) is 8.67. The van der Waals surface area contributed by atoms with Crippen molar-refractivity contribution in [1.82, 2.24) is 4.98 Å². The van der Waals surface area contributed by atoms with Gasteiger partial charge in [0.25, 0.3) is 0 Å². The zero-order valence-electron chi connectivity index (χ0n) is 6.80. The summed E-state index contributed by atoms with van der Waals surface area (Å²) >= 11 is 1.28. The zero-order valence-corrected chi connectivity index (χ0v) is 7.62. The third-order valence-corrected chi connectivity index (χ3v) is 2.00. The van der Waals surface area contributed by atoms with Crippen LogP contribution in [0.4, 0.5) is 0 Å². The van der Waals surface area contributed by atoms with Crippen LogP contribution in [0.1, 0.15) is 31.3 Å². The molecule has 0 N–H and O–H groups in total. The van der Waals surface area contributed by atoms with Crippen molar-refractivity contribution in [3.05, 3.63) is 16.1 Å². The fourth-order valence-electron chi connectivity index (χ4n) is 0.797. The molecule has 0 spiro atoms. The average molecular weight is 165 g/mol. The molecule has 0 saturated carbocycles. The lowest BCUT2D eigenvalue weighted by Gasteiger charge is -2.14. The molecule has 0 aliphatic carbocycles. The van der Waals surface area contributed by atoms with Crippen LogP contribution < -0.4 is 0 Å². The van der Waals surface area contributed by atoms with E-state index in [2.05, 4.69) is 16.6 Å². The van der Waals surface area contributed by atoms with Gasteiger partial charge in [-0.15, -0.1) is 11.3 Å². The van der Waals surface area contributed by atoms with Crippen LogP contribution in [-0.2, 0) is 5.41 Å². The molecule has 1 heterocycles. The maximum absolute atomic E-state index is 8.67. The molecule has 0 aliphatic heterocycles. The summed E-state index contributed by atoms with van der Waals surface area (Å²) in [6.07, 6.45) is 0. The topological polar surface area (TPSA) is 36.7 Å². The molecule has 0 aliphatic rings. The first-order valence-corrected chi connectivity index (χ1v) is 4.15. The van der Waals surface area contributed by atoms with Gasteiger partial charge in [-0.3, -0.25) is 0 Å². The minimum atomic E-state index is -0.0401. The van der Waals surface area contributed by atoms with Crippen LogP contribution >= 0.6 is 11.3 Å². The minimum Gasteiger partial charge on any atom is -0.237 e. The van der Waals surface area contributed by atoms with Crippen molar-refractivity contribution in [3.8, 4) is 6.07 Å². The molecule has 0 unspecified atom stereocenters. The Bertz CT molecular complexity index is 288. The van der Waals surface area contributed by atoms with E-state index in [0.717, 1.165) is 5.69 Å². The normalized spacial score (nSPS) is 11.1. The van der Waals surface area contributed by atoms with E-state index in [1.807, 2.05) is 20.8 Å². The van der Waals surface area contributed by atoms with Gasteiger partial charge in [-0.2, -0.15) is 5.26 Å². The summed E-state index contributed by atoms with van der Waals surface area (Å²) in [6, 6.07) is 2.11. The summed E-state index contributed by atoms with van der Waals surface area (Å²) in [7, 11) is 0. The number of aromatic nitrogens is 1. The third-order valence-electron chi connectivity index (χ3n) is 1.33. The van der Waals surface area contributed by atoms with Crippen LogP contribution in [0, 0.1) is 16.8 Å². The van der Waals surface area contributed by atoms with E-state index in [-0.39, 0.29) is 5.41 Å². The Morgan fingerprint density at radius 1 is 1.55 bits per heavy atom. The van der Waals surface area contributed by atoms with Gasteiger partial charge in [0.05, 0.1) is 5.69 Å². The predicted molar refractivity (Wildman–Crippen MR) is 44.4 cm³/mol. The Labute approximate surface area is 70.5 Å². The summed E-state index contributed by atoms with van der Waals surface area (Å²) in [5.74, 6) is 0. The Balaban J connectivity index is 3.15. The molecule has 0 atom stereocenters. The van der Waals surface area contributed by atoms with Crippen LogP contribution in [0.3, 0.4) is 0 Å². The maximum Gasteiger partial charge on any atom is 0.153 e. The van der Waals surface area contributed by atoms with Crippen LogP contribution in [0.5, 0.6) is 0 Å². The average Bonchev–Trinajstić information content (AvgIpc) is 2.31. The van der Waals surface area contributed by atoms with Crippen LogP contribution in [0.15, 0.2) is 0 Å². The number of hydrogen-bond donors (Lipinski definition) is 0. The molecule has 0 bridgehead atoms. The number of rotatable bonds is 0. The highest BCUT2D eigenvalue weighted by atomic mass is 32.1. The first kappa shape index (κ1) is 8.22. The molecular formula is C8H9N2S. The Morgan fingerprint density at radius 3 is 2.55 bits per heavy atom. The van der Waals surface area contributed by atoms with E-state index in [4.69, 9.17) is 5.26 Å². The lowest BCUT2D eigenvalue weighted by Crippen LogP contribution is -2.12. The van der Waals surface area contributed by atoms with E-state index in [0.29, 0.717) is 4.88 Å². The summed E-state index contributed by atoms with van der Waals surface area (Å²) in [5.41, 5.74) is 3.54. The van der Waals surface area contributed by atoms with E-state index >= 15 is 0 Å². The lowest BCUT2D eigenvalue weighted by molar-refractivity contribution is 0.571. The maximum atomic E-state index is 8.67. The molecule has 0 aromatic carbocycles. The van der Waals surface area contributed by atoms with Crippen molar-refractivity contribution in [3.63, 3.8) is 0 Å². The molecule has 1 aromatic heterocycles. The fraction of sp³-hybridized carbons (Fsp3) is 0.500. The highest BCUT2D eigenvalue weighted by molar-refractivity contribution is 7.09. The van der Waals surface area contributed by atoms with E-state index in [9.17, 15) is 0 Å². The Hall–Kier alpha value is -0.880. The SMILES string of the molecule is CC(C)(C)c1n[c]sc1C#N. The largest absolute Gasteiger partial charge is 0.237 e. The second kappa shape index (κ2) is 2.63. The third kappa shape index (κ3) is 1.58. The first-order chi connectivity index (χ1) is 5.05. The first-order valence-electron chi connectivity index (χ1n) is 3.33. The van der Waals surface area contributed by atoms with Crippen molar-refractivity contribution >= 4 is 11.3 Å². The van der Waals surface area contributed by atoms with Gasteiger partial charge >= 0.3 is 0 Å². The van der Waals surface area contributed by atoms with Gasteiger partial charge in [0.2, 0.25) is 0 Å². The Kier molecular flexibility index (Phi) is 1.97. The molecule has 0 fully saturated rings. The lowest BCUT2D eigenvalue weighted by atomic mass is 9.92. The molecule has 0 saturated heterocycles. The summed E-state index contributed by atoms with van der Waals surface area (Å²) < 4.78 is 0. The number of nitrogens with zero attached hydrogens (tertiary/aromatic N) is 2. The monoisotopic (exact) mass is 165 g/mol. The van der Waals surface area contributed by atoms with Gasteiger partial charge in [0, 0.05) is 5.41 Å². The highest BCUT2D eigenvalue weighted by Crippen LogP contribution is 2.25. The van der Waals surface area contributed by atoms with Crippen molar-refractivity contribution in [2.75, 3.05) is 0 Å². The van der Waals surface area contributed by atoms with Gasteiger partial charge in [-0.1, -0.05) is 20.8 Å². The number of nitriles is 1. The van der Waals surface area contributed by atoms with Gasteiger partial charge in [0.1, 0.15) is 10.9 Å². The van der Waals surface area contributed by atoms with Crippen molar-refractivity contribution < 1.29 is 0 Å². The van der Waals surface area contributed by atoms with E-state index < -0.39 is 0 Å².